The lowest BCUT2D eigenvalue weighted by Gasteiger charge is -2.23. The van der Waals surface area contributed by atoms with Gasteiger partial charge in [-0.05, 0) is 35.9 Å². The fourth-order valence-electron chi connectivity index (χ4n) is 2.52. The molecule has 0 saturated heterocycles. The van der Waals surface area contributed by atoms with Crippen molar-refractivity contribution in [1.29, 1.82) is 0 Å². The van der Waals surface area contributed by atoms with Crippen LogP contribution in [0.25, 0.3) is 0 Å². The smallest absolute Gasteiger partial charge is 0.493 e. The van der Waals surface area contributed by atoms with Gasteiger partial charge in [0.1, 0.15) is 0 Å². The molecule has 0 radical (unpaired) electrons. The average Bonchev–Trinajstić information content (AvgIpc) is 2.64. The number of rotatable bonds is 5. The Bertz CT molecular complexity index is 901. The van der Waals surface area contributed by atoms with E-state index < -0.39 is 12.1 Å². The highest BCUT2D eigenvalue weighted by Crippen LogP contribution is 2.34. The maximum atomic E-state index is 12.6. The minimum absolute atomic E-state index is 0.0556. The van der Waals surface area contributed by atoms with Gasteiger partial charge >= 0.3 is 11.6 Å². The third-order valence-corrected chi connectivity index (χ3v) is 4.69. The standard InChI is InChI=1S/C18H16F3N3O3S/c1-26-15-7-4-12(8-16(15)27-18(19,20)21)14-10-28-17(25)24(23-14)9-11-2-5-13(22)6-3-11/h2-8H,9-10,22H2,1H3. The van der Waals surface area contributed by atoms with Gasteiger partial charge < -0.3 is 15.2 Å². The van der Waals surface area contributed by atoms with E-state index in [0.717, 1.165) is 17.3 Å². The van der Waals surface area contributed by atoms with Crippen molar-refractivity contribution in [3.63, 3.8) is 0 Å². The minimum atomic E-state index is -4.85. The number of hydrogen-bond acceptors (Lipinski definition) is 6. The van der Waals surface area contributed by atoms with Crippen LogP contribution < -0.4 is 15.2 Å². The molecule has 0 aromatic heterocycles. The number of alkyl halides is 3. The summed E-state index contributed by atoms with van der Waals surface area (Å²) in [6.45, 7) is 0.220. The first kappa shape index (κ1) is 19.9. The van der Waals surface area contributed by atoms with E-state index in [1.807, 2.05) is 0 Å². The number of nitrogens with zero attached hydrogens (tertiary/aromatic N) is 2. The number of anilines is 1. The largest absolute Gasteiger partial charge is 0.573 e. The minimum Gasteiger partial charge on any atom is -0.493 e. The second kappa shape index (κ2) is 8.01. The number of thioether (sulfide) groups is 1. The normalized spacial score (nSPS) is 14.6. The molecule has 0 bridgehead atoms. The molecule has 0 atom stereocenters. The van der Waals surface area contributed by atoms with Crippen molar-refractivity contribution in [1.82, 2.24) is 5.01 Å². The van der Waals surface area contributed by atoms with Crippen LogP contribution in [0.15, 0.2) is 47.6 Å². The molecule has 148 valence electrons. The zero-order valence-corrected chi connectivity index (χ0v) is 15.5. The number of methoxy groups -OCH3 is 1. The van der Waals surface area contributed by atoms with Crippen molar-refractivity contribution in [2.24, 2.45) is 5.10 Å². The molecule has 1 amide bonds. The molecule has 0 aliphatic carbocycles. The monoisotopic (exact) mass is 411 g/mol. The Morgan fingerprint density at radius 1 is 1.18 bits per heavy atom. The Labute approximate surface area is 163 Å². The van der Waals surface area contributed by atoms with Crippen LogP contribution in [-0.2, 0) is 6.54 Å². The van der Waals surface area contributed by atoms with Gasteiger partial charge in [0.25, 0.3) is 0 Å². The predicted molar refractivity (Wildman–Crippen MR) is 100 cm³/mol. The van der Waals surface area contributed by atoms with Gasteiger partial charge in [0.2, 0.25) is 0 Å². The summed E-state index contributed by atoms with van der Waals surface area (Å²) in [7, 11) is 1.25. The first-order valence-electron chi connectivity index (χ1n) is 8.05. The summed E-state index contributed by atoms with van der Waals surface area (Å²) >= 11 is 1.02. The number of amides is 1. The van der Waals surface area contributed by atoms with E-state index in [1.165, 1.54) is 24.3 Å². The maximum Gasteiger partial charge on any atom is 0.573 e. The predicted octanol–water partition coefficient (Wildman–Crippen LogP) is 4.25. The number of carbonyl (C=O) groups excluding carboxylic acids is 1. The molecule has 1 heterocycles. The quantitative estimate of drug-likeness (QED) is 0.745. The van der Waals surface area contributed by atoms with Gasteiger partial charge in [0, 0.05) is 17.0 Å². The molecule has 10 heteroatoms. The fourth-order valence-corrected chi connectivity index (χ4v) is 3.26. The van der Waals surface area contributed by atoms with Gasteiger partial charge in [0.05, 0.1) is 19.4 Å². The molecule has 0 spiro atoms. The maximum absolute atomic E-state index is 12.6. The number of hydrazone groups is 1. The molecule has 2 aromatic rings. The Balaban J connectivity index is 1.88. The van der Waals surface area contributed by atoms with Gasteiger partial charge in [-0.1, -0.05) is 23.9 Å². The van der Waals surface area contributed by atoms with E-state index in [0.29, 0.717) is 17.0 Å². The van der Waals surface area contributed by atoms with Gasteiger partial charge in [-0.15, -0.1) is 13.2 Å². The second-order valence-electron chi connectivity index (χ2n) is 5.81. The zero-order valence-electron chi connectivity index (χ0n) is 14.7. The first-order chi connectivity index (χ1) is 13.2. The summed E-state index contributed by atoms with van der Waals surface area (Å²) in [5, 5.41) is 5.33. The Morgan fingerprint density at radius 2 is 1.89 bits per heavy atom. The van der Waals surface area contributed by atoms with Crippen LogP contribution in [0, 0.1) is 0 Å². The first-order valence-corrected chi connectivity index (χ1v) is 9.04. The van der Waals surface area contributed by atoms with E-state index in [2.05, 4.69) is 9.84 Å². The average molecular weight is 411 g/mol. The van der Waals surface area contributed by atoms with Crippen LogP contribution in [0.5, 0.6) is 11.5 Å². The molecule has 0 saturated carbocycles. The fraction of sp³-hybridized carbons (Fsp3) is 0.222. The van der Waals surface area contributed by atoms with Gasteiger partial charge in [-0.2, -0.15) is 5.10 Å². The van der Waals surface area contributed by atoms with Crippen molar-refractivity contribution >= 4 is 28.4 Å². The van der Waals surface area contributed by atoms with E-state index in [4.69, 9.17) is 10.5 Å². The zero-order chi connectivity index (χ0) is 20.3. The van der Waals surface area contributed by atoms with Crippen LogP contribution in [0.4, 0.5) is 23.7 Å². The summed E-state index contributed by atoms with van der Waals surface area (Å²) in [4.78, 5) is 12.2. The number of nitrogen functional groups attached to an aromatic ring is 1. The highest BCUT2D eigenvalue weighted by Gasteiger charge is 2.33. The summed E-state index contributed by atoms with van der Waals surface area (Å²) in [6, 6.07) is 11.1. The molecule has 1 aliphatic heterocycles. The summed E-state index contributed by atoms with van der Waals surface area (Å²) in [6.07, 6.45) is -4.85. The Hall–Kier alpha value is -2.88. The van der Waals surface area contributed by atoms with Gasteiger partial charge in [0.15, 0.2) is 11.5 Å². The van der Waals surface area contributed by atoms with Crippen LogP contribution in [0.1, 0.15) is 11.1 Å². The number of benzene rings is 2. The van der Waals surface area contributed by atoms with Gasteiger partial charge in [-0.25, -0.2) is 5.01 Å². The molecule has 3 rings (SSSR count). The number of hydrogen-bond donors (Lipinski definition) is 1. The van der Waals surface area contributed by atoms with Crippen LogP contribution in [0.2, 0.25) is 0 Å². The van der Waals surface area contributed by atoms with E-state index in [1.54, 1.807) is 30.3 Å². The van der Waals surface area contributed by atoms with Crippen molar-refractivity contribution < 1.29 is 27.4 Å². The number of carbonyl (C=O) groups is 1. The highest BCUT2D eigenvalue weighted by molar-refractivity contribution is 8.14. The van der Waals surface area contributed by atoms with Crippen LogP contribution >= 0.6 is 11.8 Å². The third-order valence-electron chi connectivity index (χ3n) is 3.82. The van der Waals surface area contributed by atoms with Gasteiger partial charge in [-0.3, -0.25) is 4.79 Å². The SMILES string of the molecule is COc1ccc(C2=NN(Cc3ccc(N)cc3)C(=O)SC2)cc1OC(F)(F)F. The number of halogens is 3. The Morgan fingerprint density at radius 3 is 2.54 bits per heavy atom. The summed E-state index contributed by atoms with van der Waals surface area (Å²) in [5.74, 6) is -0.295. The summed E-state index contributed by atoms with van der Waals surface area (Å²) < 4.78 is 46.9. The second-order valence-corrected chi connectivity index (χ2v) is 6.74. The number of nitrogens with two attached hydrogens (primary N) is 1. The van der Waals surface area contributed by atoms with Crippen molar-refractivity contribution in [3.05, 3.63) is 53.6 Å². The summed E-state index contributed by atoms with van der Waals surface area (Å²) in [5.41, 5.74) is 7.93. The van der Waals surface area contributed by atoms with E-state index >= 15 is 0 Å². The molecule has 0 fully saturated rings. The molecule has 1 aliphatic rings. The third kappa shape index (κ3) is 4.89. The molecular formula is C18H16F3N3O3S. The van der Waals surface area contributed by atoms with Crippen molar-refractivity contribution in [2.75, 3.05) is 18.6 Å². The molecule has 2 N–H and O–H groups in total. The lowest BCUT2D eigenvalue weighted by Crippen LogP contribution is -2.29. The lowest BCUT2D eigenvalue weighted by molar-refractivity contribution is -0.275. The lowest BCUT2D eigenvalue weighted by atomic mass is 10.1. The van der Waals surface area contributed by atoms with Crippen LogP contribution in [-0.4, -0.2) is 35.2 Å². The Kier molecular flexibility index (Phi) is 5.68. The van der Waals surface area contributed by atoms with Crippen molar-refractivity contribution in [2.45, 2.75) is 12.9 Å². The molecular weight excluding hydrogens is 395 g/mol. The molecule has 28 heavy (non-hydrogen) atoms. The topological polar surface area (TPSA) is 77.1 Å². The van der Waals surface area contributed by atoms with Crippen LogP contribution in [0.3, 0.4) is 0 Å². The van der Waals surface area contributed by atoms with E-state index in [9.17, 15) is 18.0 Å². The number of ether oxygens (including phenoxy) is 2. The van der Waals surface area contributed by atoms with Crippen molar-refractivity contribution in [3.8, 4) is 11.5 Å². The molecule has 0 unspecified atom stereocenters. The molecule has 6 nitrogen and oxygen atoms in total. The highest BCUT2D eigenvalue weighted by atomic mass is 32.2. The van der Waals surface area contributed by atoms with E-state index in [-0.39, 0.29) is 23.3 Å². The molecule has 2 aromatic carbocycles.